The van der Waals surface area contributed by atoms with E-state index in [0.717, 1.165) is 32.1 Å². The number of unbranched alkanes of at least 4 members (excludes halogenated alkanes) is 60. The summed E-state index contributed by atoms with van der Waals surface area (Å²) in [4.78, 5) is 35.4. The molecule has 0 saturated carbocycles. The van der Waals surface area contributed by atoms with Gasteiger partial charge in [-0.25, -0.2) is 4.57 Å². The highest BCUT2D eigenvalue weighted by Crippen LogP contribution is 2.43. The SMILES string of the molecule is CCCCCCCCCCCCCCCCCCCCCCCCCCCCCCCCCC(=O)OC[C@H](COP(=O)(O)OCCN)OC(=O)CCCCCCCCCCCCCCCCCCCCCCCCCCCCCCCCC. The van der Waals surface area contributed by atoms with Crippen LogP contribution >= 0.6 is 7.82 Å². The molecule has 3 N–H and O–H groups in total. The number of carbonyl (C=O) groups is 2. The molecule has 0 aromatic rings. The van der Waals surface area contributed by atoms with Gasteiger partial charge in [0.1, 0.15) is 6.61 Å². The van der Waals surface area contributed by atoms with E-state index in [1.807, 2.05) is 0 Å². The summed E-state index contributed by atoms with van der Waals surface area (Å²) in [5.41, 5.74) is 5.41. The van der Waals surface area contributed by atoms with Crippen LogP contribution in [0.15, 0.2) is 0 Å². The summed E-state index contributed by atoms with van der Waals surface area (Å²) in [6.07, 6.45) is 83.8. The topological polar surface area (TPSA) is 134 Å². The smallest absolute Gasteiger partial charge is 0.462 e. The van der Waals surface area contributed by atoms with E-state index in [9.17, 15) is 19.0 Å². The van der Waals surface area contributed by atoms with Gasteiger partial charge in [0, 0.05) is 19.4 Å². The molecule has 0 fully saturated rings. The minimum Gasteiger partial charge on any atom is -0.462 e. The van der Waals surface area contributed by atoms with E-state index in [1.54, 1.807) is 0 Å². The van der Waals surface area contributed by atoms with Crippen LogP contribution in [0.4, 0.5) is 0 Å². The molecule has 0 saturated heterocycles. The molecule has 0 aliphatic rings. The van der Waals surface area contributed by atoms with E-state index in [4.69, 9.17) is 24.3 Å². The number of carbonyl (C=O) groups excluding carboxylic acids is 2. The monoisotopic (exact) mass is 1200 g/mol. The van der Waals surface area contributed by atoms with Crippen molar-refractivity contribution in [2.24, 2.45) is 5.73 Å². The van der Waals surface area contributed by atoms with Crippen LogP contribution in [0.5, 0.6) is 0 Å². The number of nitrogens with two attached hydrogens (primary N) is 1. The van der Waals surface area contributed by atoms with Crippen LogP contribution in [0.3, 0.4) is 0 Å². The average molecular weight is 1200 g/mol. The van der Waals surface area contributed by atoms with Crippen molar-refractivity contribution in [3.63, 3.8) is 0 Å². The molecule has 2 atom stereocenters. The van der Waals surface area contributed by atoms with E-state index in [1.165, 1.54) is 360 Å². The second kappa shape index (κ2) is 70.1. The Hall–Kier alpha value is -0.990. The van der Waals surface area contributed by atoms with Crippen molar-refractivity contribution in [3.05, 3.63) is 0 Å². The molecule has 496 valence electrons. The van der Waals surface area contributed by atoms with Crippen molar-refractivity contribution in [1.29, 1.82) is 0 Å². The van der Waals surface area contributed by atoms with Crippen molar-refractivity contribution in [2.75, 3.05) is 26.4 Å². The molecule has 0 spiro atoms. The maximum absolute atomic E-state index is 12.8. The molecule has 0 rings (SSSR count). The largest absolute Gasteiger partial charge is 0.472 e. The number of phosphoric ester groups is 1. The van der Waals surface area contributed by atoms with Crippen LogP contribution in [0.25, 0.3) is 0 Å². The van der Waals surface area contributed by atoms with Crippen molar-refractivity contribution < 1.29 is 37.6 Å². The van der Waals surface area contributed by atoms with E-state index < -0.39 is 26.5 Å². The number of phosphoric acid groups is 1. The summed E-state index contributed by atoms with van der Waals surface area (Å²) in [6.45, 7) is 3.85. The molecule has 9 nitrogen and oxygen atoms in total. The zero-order chi connectivity index (χ0) is 60.1. The Morgan fingerprint density at radius 2 is 0.518 bits per heavy atom. The summed E-state index contributed by atoms with van der Waals surface area (Å²) < 4.78 is 33.2. The quantitative estimate of drug-likeness (QED) is 0.0347. The Morgan fingerprint density at radius 3 is 0.735 bits per heavy atom. The Kier molecular flexibility index (Phi) is 69.3. The van der Waals surface area contributed by atoms with Gasteiger partial charge in [-0.05, 0) is 12.8 Å². The molecule has 10 heteroatoms. The van der Waals surface area contributed by atoms with Gasteiger partial charge in [0.25, 0.3) is 0 Å². The van der Waals surface area contributed by atoms with Gasteiger partial charge < -0.3 is 20.1 Å². The predicted molar refractivity (Wildman–Crippen MR) is 358 cm³/mol. The van der Waals surface area contributed by atoms with Gasteiger partial charge in [-0.2, -0.15) is 0 Å². The zero-order valence-electron chi connectivity index (χ0n) is 56.0. The summed E-state index contributed by atoms with van der Waals surface area (Å²) in [5.74, 6) is -0.795. The Morgan fingerprint density at radius 1 is 0.313 bits per heavy atom. The van der Waals surface area contributed by atoms with Crippen molar-refractivity contribution >= 4 is 19.8 Å². The lowest BCUT2D eigenvalue weighted by Gasteiger charge is -2.19. The van der Waals surface area contributed by atoms with E-state index in [2.05, 4.69) is 13.8 Å². The molecule has 0 radical (unpaired) electrons. The average Bonchev–Trinajstić information content (AvgIpc) is 3.48. The van der Waals surface area contributed by atoms with Gasteiger partial charge in [0.15, 0.2) is 6.10 Å². The van der Waals surface area contributed by atoms with Crippen LogP contribution < -0.4 is 5.73 Å². The zero-order valence-corrected chi connectivity index (χ0v) is 56.9. The van der Waals surface area contributed by atoms with Gasteiger partial charge >= 0.3 is 19.8 Å². The summed E-state index contributed by atoms with van der Waals surface area (Å²) in [6, 6.07) is 0. The number of ether oxygens (including phenoxy) is 2. The fourth-order valence-corrected chi connectivity index (χ4v) is 12.7. The third kappa shape index (κ3) is 70.0. The summed E-state index contributed by atoms with van der Waals surface area (Å²) >= 11 is 0. The van der Waals surface area contributed by atoms with Crippen LogP contribution in [-0.2, 0) is 32.7 Å². The molecule has 0 aromatic heterocycles. The lowest BCUT2D eigenvalue weighted by atomic mass is 10.0. The van der Waals surface area contributed by atoms with Crippen LogP contribution in [0.2, 0.25) is 0 Å². The second-order valence-electron chi connectivity index (χ2n) is 25.9. The standard InChI is InChI=1S/C73H146NO8P/c1-3-5-7-9-11-13-15-17-19-21-23-25-27-29-31-33-35-37-39-41-43-45-47-49-51-53-55-57-59-61-63-65-72(75)79-69-71(70-81-83(77,78)80-68-67-74)82-73(76)66-64-62-60-58-56-54-52-50-48-46-44-42-40-38-36-34-32-30-28-26-24-22-20-18-16-14-12-10-8-6-4-2/h71H,3-70,74H2,1-2H3,(H,77,78)/t71-/m1/s1. The molecule has 0 amide bonds. The maximum atomic E-state index is 12.8. The first-order valence-electron chi connectivity index (χ1n) is 37.5. The van der Waals surface area contributed by atoms with Crippen molar-refractivity contribution in [1.82, 2.24) is 0 Å². The normalized spacial score (nSPS) is 12.8. The summed E-state index contributed by atoms with van der Waals surface area (Å²) in [7, 11) is -4.39. The maximum Gasteiger partial charge on any atom is 0.472 e. The van der Waals surface area contributed by atoms with Gasteiger partial charge in [0.05, 0.1) is 13.2 Å². The van der Waals surface area contributed by atoms with Gasteiger partial charge in [0.2, 0.25) is 0 Å². The highest BCUT2D eigenvalue weighted by atomic mass is 31.2. The first kappa shape index (κ1) is 82.0. The Balaban J connectivity index is 3.76. The first-order valence-corrected chi connectivity index (χ1v) is 39.0. The Bertz CT molecular complexity index is 1320. The molecular weight excluding hydrogens is 1050 g/mol. The molecule has 1 unspecified atom stereocenters. The third-order valence-corrected chi connectivity index (χ3v) is 18.5. The predicted octanol–water partition coefficient (Wildman–Crippen LogP) is 24.5. The van der Waals surface area contributed by atoms with Crippen molar-refractivity contribution in [2.45, 2.75) is 431 Å². The van der Waals surface area contributed by atoms with E-state index >= 15 is 0 Å². The van der Waals surface area contributed by atoms with Crippen LogP contribution in [0, 0.1) is 0 Å². The number of rotatable bonds is 73. The highest BCUT2D eigenvalue weighted by molar-refractivity contribution is 7.47. The molecule has 0 aromatic carbocycles. The van der Waals surface area contributed by atoms with Gasteiger partial charge in [-0.1, -0.05) is 399 Å². The van der Waals surface area contributed by atoms with Gasteiger partial charge in [-0.15, -0.1) is 0 Å². The number of hydrogen-bond acceptors (Lipinski definition) is 8. The third-order valence-electron chi connectivity index (χ3n) is 17.5. The number of esters is 2. The lowest BCUT2D eigenvalue weighted by molar-refractivity contribution is -0.161. The molecule has 0 heterocycles. The van der Waals surface area contributed by atoms with E-state index in [-0.39, 0.29) is 32.1 Å². The van der Waals surface area contributed by atoms with Gasteiger partial charge in [-0.3, -0.25) is 18.6 Å². The molecule has 0 aliphatic carbocycles. The number of hydrogen-bond donors (Lipinski definition) is 2. The minimum absolute atomic E-state index is 0.0589. The molecule has 0 bridgehead atoms. The minimum atomic E-state index is -4.39. The molecule has 0 aliphatic heterocycles. The lowest BCUT2D eigenvalue weighted by Crippen LogP contribution is -2.29. The van der Waals surface area contributed by atoms with Crippen molar-refractivity contribution in [3.8, 4) is 0 Å². The van der Waals surface area contributed by atoms with E-state index in [0.29, 0.717) is 12.8 Å². The summed E-state index contributed by atoms with van der Waals surface area (Å²) in [5, 5.41) is 0. The second-order valence-corrected chi connectivity index (χ2v) is 27.3. The fourth-order valence-electron chi connectivity index (χ4n) is 11.9. The fraction of sp³-hybridized carbons (Fsp3) is 0.973. The Labute approximate surface area is 517 Å². The molecular formula is C73H146NO8P. The molecule has 83 heavy (non-hydrogen) atoms. The van der Waals surface area contributed by atoms with Crippen LogP contribution in [0.1, 0.15) is 425 Å². The highest BCUT2D eigenvalue weighted by Gasteiger charge is 2.26. The first-order chi connectivity index (χ1) is 40.8. The van der Waals surface area contributed by atoms with Crippen LogP contribution in [-0.4, -0.2) is 49.3 Å².